The number of H-pyrrole nitrogens is 1. The number of aromatic nitrogens is 5. The fourth-order valence-electron chi connectivity index (χ4n) is 3.09. The monoisotopic (exact) mass is 408 g/mol. The van der Waals surface area contributed by atoms with Gasteiger partial charge in [0.1, 0.15) is 17.4 Å². The van der Waals surface area contributed by atoms with E-state index in [9.17, 15) is 9.18 Å². The zero-order valence-electron chi connectivity index (χ0n) is 16.5. The van der Waals surface area contributed by atoms with Gasteiger partial charge in [-0.3, -0.25) is 9.89 Å². The molecule has 0 bridgehead atoms. The summed E-state index contributed by atoms with van der Waals surface area (Å²) >= 11 is 0. The van der Waals surface area contributed by atoms with Crippen molar-refractivity contribution in [2.45, 2.75) is 13.0 Å². The van der Waals surface area contributed by atoms with Crippen molar-refractivity contribution in [3.05, 3.63) is 71.6 Å². The number of hydrogen-bond acceptors (Lipinski definition) is 6. The second-order valence-electron chi connectivity index (χ2n) is 6.80. The molecule has 0 fully saturated rings. The Morgan fingerprint density at radius 2 is 2.07 bits per heavy atom. The van der Waals surface area contributed by atoms with Gasteiger partial charge in [-0.2, -0.15) is 5.10 Å². The molecule has 30 heavy (non-hydrogen) atoms. The Kier molecular flexibility index (Phi) is 5.40. The Morgan fingerprint density at radius 1 is 1.27 bits per heavy atom. The lowest BCUT2D eigenvalue weighted by Crippen LogP contribution is -2.36. The van der Waals surface area contributed by atoms with Crippen LogP contribution in [-0.2, 0) is 4.79 Å². The van der Waals surface area contributed by atoms with Crippen LogP contribution in [0.3, 0.4) is 0 Å². The summed E-state index contributed by atoms with van der Waals surface area (Å²) in [6.07, 6.45) is 1.79. The van der Waals surface area contributed by atoms with Crippen molar-refractivity contribution >= 4 is 23.1 Å². The summed E-state index contributed by atoms with van der Waals surface area (Å²) in [6.45, 7) is 2.03. The van der Waals surface area contributed by atoms with Gasteiger partial charge in [-0.15, -0.1) is 5.10 Å². The third-order valence-corrected chi connectivity index (χ3v) is 4.46. The third kappa shape index (κ3) is 4.13. The molecule has 1 aromatic carbocycles. The Balaban J connectivity index is 1.78. The molecule has 0 aliphatic heterocycles. The van der Waals surface area contributed by atoms with Gasteiger partial charge in [0.05, 0.1) is 6.54 Å². The molecule has 1 atom stereocenters. The van der Waals surface area contributed by atoms with E-state index >= 15 is 0 Å². The number of rotatable bonds is 7. The molecule has 1 unspecified atom stereocenters. The minimum absolute atomic E-state index is 0.126. The number of carbonyl (C=O) groups excluding carboxylic acids is 1. The Labute approximate surface area is 171 Å². The molecule has 1 amide bonds. The summed E-state index contributed by atoms with van der Waals surface area (Å²) in [5.41, 5.74) is 2.31. The van der Waals surface area contributed by atoms with E-state index < -0.39 is 6.04 Å². The number of fused-ring (bicyclic) bond motifs is 1. The van der Waals surface area contributed by atoms with E-state index in [-0.39, 0.29) is 18.3 Å². The number of carbonyl (C=O) groups is 1. The lowest BCUT2D eigenvalue weighted by molar-refractivity contribution is -0.120. The lowest BCUT2D eigenvalue weighted by atomic mass is 10.1. The SMILES string of the molecule is CNCC(=O)NC(c1ccc(F)cc1)c1nc(Nc2cc(C)[nH]n2)c2cccn2n1. The van der Waals surface area contributed by atoms with E-state index in [0.29, 0.717) is 23.0 Å². The van der Waals surface area contributed by atoms with Crippen LogP contribution in [0.25, 0.3) is 5.52 Å². The van der Waals surface area contributed by atoms with Gasteiger partial charge in [-0.1, -0.05) is 12.1 Å². The van der Waals surface area contributed by atoms with Crippen LogP contribution < -0.4 is 16.0 Å². The smallest absolute Gasteiger partial charge is 0.234 e. The molecule has 0 saturated heterocycles. The van der Waals surface area contributed by atoms with Crippen LogP contribution in [0.1, 0.15) is 23.1 Å². The van der Waals surface area contributed by atoms with Crippen molar-refractivity contribution in [1.82, 2.24) is 35.4 Å². The highest BCUT2D eigenvalue weighted by molar-refractivity contribution is 5.79. The first-order valence-corrected chi connectivity index (χ1v) is 9.37. The summed E-state index contributed by atoms with van der Waals surface area (Å²) < 4.78 is 15.1. The molecular weight excluding hydrogens is 387 g/mol. The van der Waals surface area contributed by atoms with Crippen molar-refractivity contribution in [1.29, 1.82) is 0 Å². The molecule has 4 aromatic rings. The van der Waals surface area contributed by atoms with Crippen LogP contribution in [0.15, 0.2) is 48.7 Å². The first-order valence-electron chi connectivity index (χ1n) is 9.37. The average molecular weight is 408 g/mol. The molecule has 3 aromatic heterocycles. The van der Waals surface area contributed by atoms with Gasteiger partial charge in [0.15, 0.2) is 17.5 Å². The normalized spacial score (nSPS) is 12.1. The van der Waals surface area contributed by atoms with Crippen LogP contribution in [-0.4, -0.2) is 44.3 Å². The molecule has 0 radical (unpaired) electrons. The summed E-state index contributed by atoms with van der Waals surface area (Å²) in [7, 11) is 1.68. The first-order chi connectivity index (χ1) is 14.5. The van der Waals surface area contributed by atoms with Crippen LogP contribution in [0.4, 0.5) is 16.0 Å². The minimum atomic E-state index is -0.667. The molecule has 0 aliphatic carbocycles. The van der Waals surface area contributed by atoms with E-state index in [2.05, 4.69) is 36.2 Å². The van der Waals surface area contributed by atoms with Gasteiger partial charge >= 0.3 is 0 Å². The molecule has 0 aliphatic rings. The minimum Gasteiger partial charge on any atom is -0.341 e. The fourth-order valence-corrected chi connectivity index (χ4v) is 3.09. The summed E-state index contributed by atoms with van der Waals surface area (Å²) in [5, 5.41) is 20.5. The van der Waals surface area contributed by atoms with Gasteiger partial charge in [0.2, 0.25) is 5.91 Å². The summed E-state index contributed by atoms with van der Waals surface area (Å²) in [5.74, 6) is 0.895. The van der Waals surface area contributed by atoms with E-state index in [1.807, 2.05) is 25.1 Å². The van der Waals surface area contributed by atoms with E-state index in [4.69, 9.17) is 0 Å². The van der Waals surface area contributed by atoms with Gasteiger partial charge in [0, 0.05) is 18.0 Å². The van der Waals surface area contributed by atoms with Crippen LogP contribution in [0.5, 0.6) is 0 Å². The van der Waals surface area contributed by atoms with Crippen molar-refractivity contribution < 1.29 is 9.18 Å². The van der Waals surface area contributed by atoms with Gasteiger partial charge < -0.3 is 16.0 Å². The number of nitrogens with zero attached hydrogens (tertiary/aromatic N) is 4. The number of aromatic amines is 1. The molecule has 154 valence electrons. The summed E-state index contributed by atoms with van der Waals surface area (Å²) in [6, 6.07) is 10.8. The Morgan fingerprint density at radius 3 is 2.77 bits per heavy atom. The lowest BCUT2D eigenvalue weighted by Gasteiger charge is -2.19. The van der Waals surface area contributed by atoms with Crippen molar-refractivity contribution in [2.24, 2.45) is 0 Å². The number of halogens is 1. The van der Waals surface area contributed by atoms with Crippen molar-refractivity contribution in [2.75, 3.05) is 18.9 Å². The maximum absolute atomic E-state index is 13.5. The highest BCUT2D eigenvalue weighted by atomic mass is 19.1. The number of anilines is 2. The number of aryl methyl sites for hydroxylation is 1. The average Bonchev–Trinajstić information content (AvgIpc) is 3.36. The Bertz CT molecular complexity index is 1170. The maximum atomic E-state index is 13.5. The number of amides is 1. The highest BCUT2D eigenvalue weighted by Gasteiger charge is 2.22. The summed E-state index contributed by atoms with van der Waals surface area (Å²) in [4.78, 5) is 17.0. The largest absolute Gasteiger partial charge is 0.341 e. The van der Waals surface area contributed by atoms with Crippen molar-refractivity contribution in [3.8, 4) is 0 Å². The number of nitrogens with one attached hydrogen (secondary N) is 4. The molecule has 9 nitrogen and oxygen atoms in total. The molecular formula is C20H21FN8O. The second-order valence-corrected chi connectivity index (χ2v) is 6.80. The zero-order valence-corrected chi connectivity index (χ0v) is 16.5. The fraction of sp³-hybridized carbons (Fsp3) is 0.200. The Hall–Kier alpha value is -3.79. The van der Waals surface area contributed by atoms with Gasteiger partial charge in [-0.05, 0) is 43.8 Å². The van der Waals surface area contributed by atoms with Crippen LogP contribution in [0, 0.1) is 12.7 Å². The molecule has 0 spiro atoms. The third-order valence-electron chi connectivity index (χ3n) is 4.46. The maximum Gasteiger partial charge on any atom is 0.234 e. The van der Waals surface area contributed by atoms with E-state index in [1.165, 1.54) is 12.1 Å². The topological polar surface area (TPSA) is 112 Å². The molecule has 3 heterocycles. The zero-order chi connectivity index (χ0) is 21.1. The van der Waals surface area contributed by atoms with Gasteiger partial charge in [0.25, 0.3) is 0 Å². The first kappa shape index (κ1) is 19.5. The van der Waals surface area contributed by atoms with Gasteiger partial charge in [-0.25, -0.2) is 13.9 Å². The van der Waals surface area contributed by atoms with E-state index in [1.54, 1.807) is 29.9 Å². The second kappa shape index (κ2) is 8.29. The highest BCUT2D eigenvalue weighted by Crippen LogP contribution is 2.24. The molecule has 4 rings (SSSR count). The van der Waals surface area contributed by atoms with Crippen LogP contribution in [0.2, 0.25) is 0 Å². The molecule has 0 saturated carbocycles. The predicted molar refractivity (Wildman–Crippen MR) is 110 cm³/mol. The van der Waals surface area contributed by atoms with E-state index in [0.717, 1.165) is 11.2 Å². The molecule has 10 heteroatoms. The van der Waals surface area contributed by atoms with Crippen LogP contribution >= 0.6 is 0 Å². The standard InChI is InChI=1S/C20H21FN8O/c1-12-10-16(27-26-12)23-19-15-4-3-9-29(15)28-20(25-19)18(24-17(30)11-22-2)13-5-7-14(21)8-6-13/h3-10,18,22H,11H2,1-2H3,(H,24,30)(H2,23,25,26,27,28). The molecule has 4 N–H and O–H groups in total. The van der Waals surface area contributed by atoms with Crippen molar-refractivity contribution in [3.63, 3.8) is 0 Å². The number of hydrogen-bond donors (Lipinski definition) is 4. The number of likely N-dealkylation sites (N-methyl/N-ethyl adjacent to an activating group) is 1. The predicted octanol–water partition coefficient (Wildman–Crippen LogP) is 2.07. The number of benzene rings is 1. The quantitative estimate of drug-likeness (QED) is 0.373.